The van der Waals surface area contributed by atoms with Crippen LogP contribution in [0.1, 0.15) is 44.9 Å². The van der Waals surface area contributed by atoms with Gasteiger partial charge >= 0.3 is 0 Å². The molecule has 2 N–H and O–H groups in total. The standard InChI is InChI=1S/C19H25N5O2/c1-4-19(2,3)16-11-24(23-22-16)12-17(25)20-15-10-9-13-7-5-6-8-14(13)21-18(15)26/h5-8,11,15H,4,9-10,12H2,1-3H3,(H,20,25)(H,21,26). The lowest BCUT2D eigenvalue weighted by Crippen LogP contribution is -2.44. The van der Waals surface area contributed by atoms with Crippen LogP contribution in [0.2, 0.25) is 0 Å². The number of aryl methyl sites for hydroxylation is 1. The average molecular weight is 355 g/mol. The summed E-state index contributed by atoms with van der Waals surface area (Å²) in [6.07, 6.45) is 4.03. The number of anilines is 1. The molecule has 1 aliphatic rings. The molecule has 0 spiro atoms. The van der Waals surface area contributed by atoms with Gasteiger partial charge in [0.25, 0.3) is 0 Å². The zero-order valence-corrected chi connectivity index (χ0v) is 15.5. The third-order valence-corrected chi connectivity index (χ3v) is 5.05. The van der Waals surface area contributed by atoms with Gasteiger partial charge in [-0.15, -0.1) is 5.10 Å². The minimum atomic E-state index is -0.551. The van der Waals surface area contributed by atoms with E-state index >= 15 is 0 Å². The number of amides is 2. The molecule has 0 radical (unpaired) electrons. The van der Waals surface area contributed by atoms with Crippen LogP contribution in [0.3, 0.4) is 0 Å². The monoisotopic (exact) mass is 355 g/mol. The molecule has 138 valence electrons. The van der Waals surface area contributed by atoms with Crippen LogP contribution in [0.15, 0.2) is 30.5 Å². The second-order valence-electron chi connectivity index (χ2n) is 7.34. The molecule has 2 aromatic rings. The Labute approximate surface area is 153 Å². The molecule has 2 amide bonds. The molecule has 1 unspecified atom stereocenters. The summed E-state index contributed by atoms with van der Waals surface area (Å²) in [6.45, 7) is 6.32. The summed E-state index contributed by atoms with van der Waals surface area (Å²) < 4.78 is 1.52. The molecule has 0 saturated heterocycles. The SMILES string of the molecule is CCC(C)(C)c1cn(CC(=O)NC2CCc3ccccc3NC2=O)nn1. The van der Waals surface area contributed by atoms with Gasteiger partial charge < -0.3 is 10.6 Å². The number of carbonyl (C=O) groups is 2. The Morgan fingerprint density at radius 3 is 2.92 bits per heavy atom. The highest BCUT2D eigenvalue weighted by atomic mass is 16.2. The molecular formula is C19H25N5O2. The first-order chi connectivity index (χ1) is 12.4. The van der Waals surface area contributed by atoms with Gasteiger partial charge in [0, 0.05) is 17.3 Å². The average Bonchev–Trinajstić information content (AvgIpc) is 3.02. The number of rotatable bonds is 5. The minimum Gasteiger partial charge on any atom is -0.343 e. The van der Waals surface area contributed by atoms with Crippen molar-refractivity contribution in [3.05, 3.63) is 41.7 Å². The van der Waals surface area contributed by atoms with Gasteiger partial charge in [-0.2, -0.15) is 0 Å². The van der Waals surface area contributed by atoms with Gasteiger partial charge in [-0.3, -0.25) is 9.59 Å². The van der Waals surface area contributed by atoms with Crippen LogP contribution in [-0.2, 0) is 28.0 Å². The fourth-order valence-corrected chi connectivity index (χ4v) is 2.90. The van der Waals surface area contributed by atoms with Crippen molar-refractivity contribution in [1.29, 1.82) is 0 Å². The molecule has 7 heteroatoms. The first kappa shape index (κ1) is 18.1. The Kier molecular flexibility index (Phi) is 5.06. The van der Waals surface area contributed by atoms with E-state index in [0.717, 1.165) is 29.8 Å². The predicted molar refractivity (Wildman–Crippen MR) is 98.7 cm³/mol. The second-order valence-corrected chi connectivity index (χ2v) is 7.34. The van der Waals surface area contributed by atoms with Crippen LogP contribution in [0.4, 0.5) is 5.69 Å². The topological polar surface area (TPSA) is 88.9 Å². The van der Waals surface area contributed by atoms with E-state index in [1.165, 1.54) is 4.68 Å². The van der Waals surface area contributed by atoms with Gasteiger partial charge in [0.15, 0.2) is 0 Å². The highest BCUT2D eigenvalue weighted by molar-refractivity contribution is 5.98. The van der Waals surface area contributed by atoms with Crippen LogP contribution in [0.25, 0.3) is 0 Å². The van der Waals surface area contributed by atoms with Gasteiger partial charge in [-0.05, 0) is 30.9 Å². The number of carbonyl (C=O) groups excluding carboxylic acids is 2. The first-order valence-corrected chi connectivity index (χ1v) is 8.98. The Morgan fingerprint density at radius 2 is 2.15 bits per heavy atom. The van der Waals surface area contributed by atoms with Gasteiger partial charge in [0.1, 0.15) is 12.6 Å². The summed E-state index contributed by atoms with van der Waals surface area (Å²) in [5.74, 6) is -0.434. The van der Waals surface area contributed by atoms with E-state index in [0.29, 0.717) is 6.42 Å². The largest absolute Gasteiger partial charge is 0.343 e. The van der Waals surface area contributed by atoms with Gasteiger partial charge in [-0.25, -0.2) is 4.68 Å². The van der Waals surface area contributed by atoms with E-state index in [1.54, 1.807) is 6.20 Å². The van der Waals surface area contributed by atoms with E-state index in [1.807, 2.05) is 24.3 Å². The third kappa shape index (κ3) is 3.92. The fourth-order valence-electron chi connectivity index (χ4n) is 2.90. The molecule has 0 aliphatic carbocycles. The number of aromatic nitrogens is 3. The molecule has 1 aromatic heterocycles. The lowest BCUT2D eigenvalue weighted by Gasteiger charge is -2.18. The zero-order valence-electron chi connectivity index (χ0n) is 15.5. The van der Waals surface area contributed by atoms with E-state index in [2.05, 4.69) is 41.7 Å². The molecule has 0 bridgehead atoms. The highest BCUT2D eigenvalue weighted by Crippen LogP contribution is 2.24. The molecule has 1 aromatic carbocycles. The predicted octanol–water partition coefficient (Wildman–Crippen LogP) is 2.04. The van der Waals surface area contributed by atoms with E-state index in [4.69, 9.17) is 0 Å². The quantitative estimate of drug-likeness (QED) is 0.859. The number of hydrogen-bond acceptors (Lipinski definition) is 4. The van der Waals surface area contributed by atoms with Crippen molar-refractivity contribution in [1.82, 2.24) is 20.3 Å². The number of fused-ring (bicyclic) bond motifs is 1. The van der Waals surface area contributed by atoms with Crippen LogP contribution in [0.5, 0.6) is 0 Å². The van der Waals surface area contributed by atoms with Crippen molar-refractivity contribution in [3.8, 4) is 0 Å². The lowest BCUT2D eigenvalue weighted by molar-refractivity contribution is -0.127. The van der Waals surface area contributed by atoms with Crippen LogP contribution in [0, 0.1) is 0 Å². The number of para-hydroxylation sites is 1. The van der Waals surface area contributed by atoms with Gasteiger partial charge in [0.2, 0.25) is 11.8 Å². The maximum Gasteiger partial charge on any atom is 0.246 e. The molecular weight excluding hydrogens is 330 g/mol. The van der Waals surface area contributed by atoms with Crippen molar-refractivity contribution in [2.75, 3.05) is 5.32 Å². The molecule has 0 saturated carbocycles. The fraction of sp³-hybridized carbons (Fsp3) is 0.474. The van der Waals surface area contributed by atoms with Gasteiger partial charge in [-0.1, -0.05) is 44.2 Å². The van der Waals surface area contributed by atoms with Crippen molar-refractivity contribution in [3.63, 3.8) is 0 Å². The van der Waals surface area contributed by atoms with E-state index < -0.39 is 6.04 Å². The van der Waals surface area contributed by atoms with Crippen molar-refractivity contribution >= 4 is 17.5 Å². The normalized spacial score (nSPS) is 17.2. The molecule has 0 fully saturated rings. The maximum atomic E-state index is 12.4. The van der Waals surface area contributed by atoms with E-state index in [-0.39, 0.29) is 23.8 Å². The molecule has 2 heterocycles. The molecule has 7 nitrogen and oxygen atoms in total. The number of nitrogens with one attached hydrogen (secondary N) is 2. The Hall–Kier alpha value is -2.70. The third-order valence-electron chi connectivity index (χ3n) is 5.05. The summed E-state index contributed by atoms with van der Waals surface area (Å²) in [4.78, 5) is 24.7. The molecule has 1 aliphatic heterocycles. The first-order valence-electron chi connectivity index (χ1n) is 8.98. The summed E-state index contributed by atoms with van der Waals surface area (Å²) in [7, 11) is 0. The molecule has 26 heavy (non-hydrogen) atoms. The van der Waals surface area contributed by atoms with Crippen LogP contribution in [-0.4, -0.2) is 32.9 Å². The number of hydrogen-bond donors (Lipinski definition) is 2. The zero-order chi connectivity index (χ0) is 18.7. The summed E-state index contributed by atoms with van der Waals surface area (Å²) in [5, 5.41) is 13.9. The van der Waals surface area contributed by atoms with Gasteiger partial charge in [0.05, 0.1) is 5.69 Å². The second kappa shape index (κ2) is 7.27. The Bertz CT molecular complexity index is 812. The van der Waals surface area contributed by atoms with Crippen molar-refractivity contribution < 1.29 is 9.59 Å². The van der Waals surface area contributed by atoms with Crippen molar-refractivity contribution in [2.45, 2.75) is 58.0 Å². The number of benzene rings is 1. The Balaban J connectivity index is 1.61. The van der Waals surface area contributed by atoms with Crippen molar-refractivity contribution in [2.24, 2.45) is 0 Å². The highest BCUT2D eigenvalue weighted by Gasteiger charge is 2.26. The summed E-state index contributed by atoms with van der Waals surface area (Å²) in [5.41, 5.74) is 2.68. The maximum absolute atomic E-state index is 12.4. The lowest BCUT2D eigenvalue weighted by atomic mass is 9.87. The Morgan fingerprint density at radius 1 is 1.38 bits per heavy atom. The summed E-state index contributed by atoms with van der Waals surface area (Å²) in [6, 6.07) is 7.16. The van der Waals surface area contributed by atoms with Crippen LogP contribution >= 0.6 is 0 Å². The molecule has 1 atom stereocenters. The minimum absolute atomic E-state index is 0.0452. The molecule has 3 rings (SSSR count). The smallest absolute Gasteiger partial charge is 0.246 e. The summed E-state index contributed by atoms with van der Waals surface area (Å²) >= 11 is 0. The number of nitrogens with zero attached hydrogens (tertiary/aromatic N) is 3. The van der Waals surface area contributed by atoms with Crippen LogP contribution < -0.4 is 10.6 Å². The van der Waals surface area contributed by atoms with E-state index in [9.17, 15) is 9.59 Å².